The molecule has 158 valence electrons. The van der Waals surface area contributed by atoms with Crippen molar-refractivity contribution in [3.05, 3.63) is 59.7 Å². The summed E-state index contributed by atoms with van der Waals surface area (Å²) in [4.78, 5) is 15.4. The van der Waals surface area contributed by atoms with Gasteiger partial charge < -0.3 is 25.8 Å². The minimum absolute atomic E-state index is 0. The van der Waals surface area contributed by atoms with Gasteiger partial charge in [0, 0.05) is 13.1 Å². The van der Waals surface area contributed by atoms with Gasteiger partial charge in [-0.2, -0.15) is 0 Å². The van der Waals surface area contributed by atoms with Crippen LogP contribution < -0.4 is 25.8 Å². The van der Waals surface area contributed by atoms with Gasteiger partial charge in [0.15, 0.2) is 12.6 Å². The van der Waals surface area contributed by atoms with Crippen molar-refractivity contribution in [2.75, 3.05) is 26.8 Å². The Morgan fingerprint density at radius 1 is 1.07 bits per heavy atom. The molecule has 2 aromatic carbocycles. The second-order valence-electron chi connectivity index (χ2n) is 6.12. The Balaban J connectivity index is 0.00000420. The first-order valence-electron chi connectivity index (χ1n) is 9.26. The predicted octanol–water partition coefficient (Wildman–Crippen LogP) is 2.48. The van der Waals surface area contributed by atoms with Gasteiger partial charge in [0.2, 0.25) is 0 Å². The van der Waals surface area contributed by atoms with Crippen LogP contribution in [0.2, 0.25) is 0 Å². The maximum absolute atomic E-state index is 10.7. The fourth-order valence-electron chi connectivity index (χ4n) is 2.51. The third kappa shape index (κ3) is 9.51. The third-order valence-corrected chi connectivity index (χ3v) is 3.91. The number of rotatable bonds is 10. The zero-order valence-electron chi connectivity index (χ0n) is 16.8. The summed E-state index contributed by atoms with van der Waals surface area (Å²) in [6.07, 6.45) is 0.833. The molecule has 0 aliphatic carbocycles. The van der Waals surface area contributed by atoms with Gasteiger partial charge in [-0.1, -0.05) is 24.3 Å². The number of nitrogens with zero attached hydrogens (tertiary/aromatic N) is 1. The largest absolute Gasteiger partial charge is 0.497 e. The van der Waals surface area contributed by atoms with E-state index in [2.05, 4.69) is 15.6 Å². The molecule has 0 saturated carbocycles. The predicted molar refractivity (Wildman–Crippen MR) is 126 cm³/mol. The monoisotopic (exact) mass is 512 g/mol. The van der Waals surface area contributed by atoms with Gasteiger partial charge in [0.1, 0.15) is 11.5 Å². The molecule has 1 amide bonds. The summed E-state index contributed by atoms with van der Waals surface area (Å²) in [5.74, 6) is 1.74. The lowest BCUT2D eigenvalue weighted by Gasteiger charge is -2.12. The number of ether oxygens (including phenoxy) is 2. The Morgan fingerprint density at radius 3 is 2.48 bits per heavy atom. The van der Waals surface area contributed by atoms with Crippen molar-refractivity contribution >= 4 is 35.8 Å². The van der Waals surface area contributed by atoms with E-state index < -0.39 is 5.91 Å². The van der Waals surface area contributed by atoms with Gasteiger partial charge in [-0.05, 0) is 48.7 Å². The number of primary amides is 1. The van der Waals surface area contributed by atoms with E-state index in [9.17, 15) is 4.79 Å². The summed E-state index contributed by atoms with van der Waals surface area (Å²) in [7, 11) is 1.66. The first-order chi connectivity index (χ1) is 13.6. The molecule has 0 aliphatic rings. The maximum Gasteiger partial charge on any atom is 0.255 e. The number of guanidine groups is 1. The normalized spacial score (nSPS) is 10.6. The highest BCUT2D eigenvalue weighted by atomic mass is 127. The van der Waals surface area contributed by atoms with Crippen LogP contribution in [0.3, 0.4) is 0 Å². The Kier molecular flexibility index (Phi) is 11.6. The van der Waals surface area contributed by atoms with Crippen molar-refractivity contribution in [3.63, 3.8) is 0 Å². The van der Waals surface area contributed by atoms with Crippen LogP contribution in [-0.2, 0) is 17.8 Å². The van der Waals surface area contributed by atoms with Crippen LogP contribution >= 0.6 is 24.0 Å². The standard InChI is InChI=1S/C21H28N4O3.HI/c1-3-23-21(25-14-17-5-4-6-19(13-17)27-2)24-12-11-16-7-9-18(10-8-16)28-15-20(22)26;/h4-10,13H,3,11-12,14-15H2,1-2H3,(H2,22,26)(H2,23,24,25);1H. The summed E-state index contributed by atoms with van der Waals surface area (Å²) in [6, 6.07) is 15.5. The lowest BCUT2D eigenvalue weighted by molar-refractivity contribution is -0.119. The fourth-order valence-corrected chi connectivity index (χ4v) is 2.51. The molecule has 2 aromatic rings. The van der Waals surface area contributed by atoms with Crippen LogP contribution in [0.1, 0.15) is 18.1 Å². The van der Waals surface area contributed by atoms with E-state index in [-0.39, 0.29) is 30.6 Å². The van der Waals surface area contributed by atoms with Gasteiger partial charge in [-0.25, -0.2) is 4.99 Å². The van der Waals surface area contributed by atoms with Gasteiger partial charge >= 0.3 is 0 Å². The van der Waals surface area contributed by atoms with E-state index in [4.69, 9.17) is 15.2 Å². The molecule has 0 radical (unpaired) electrons. The number of nitrogens with one attached hydrogen (secondary N) is 2. The number of hydrogen-bond donors (Lipinski definition) is 3. The lowest BCUT2D eigenvalue weighted by atomic mass is 10.1. The smallest absolute Gasteiger partial charge is 0.255 e. The van der Waals surface area contributed by atoms with Gasteiger partial charge in [-0.3, -0.25) is 4.79 Å². The van der Waals surface area contributed by atoms with Crippen LogP contribution in [0, 0.1) is 0 Å². The molecule has 0 spiro atoms. The molecule has 0 aromatic heterocycles. The molecule has 0 fully saturated rings. The molecule has 0 saturated heterocycles. The third-order valence-electron chi connectivity index (χ3n) is 3.91. The first kappa shape index (κ1) is 24.5. The zero-order chi connectivity index (χ0) is 20.2. The molecule has 0 unspecified atom stereocenters. The van der Waals surface area contributed by atoms with Crippen LogP contribution in [0.25, 0.3) is 0 Å². The number of carbonyl (C=O) groups excluding carboxylic acids is 1. The summed E-state index contributed by atoms with van der Waals surface area (Å²) in [6.45, 7) is 4.02. The van der Waals surface area contributed by atoms with E-state index in [1.54, 1.807) is 7.11 Å². The molecule has 29 heavy (non-hydrogen) atoms. The Morgan fingerprint density at radius 2 is 1.83 bits per heavy atom. The van der Waals surface area contributed by atoms with Crippen LogP contribution in [0.5, 0.6) is 11.5 Å². The molecule has 0 heterocycles. The van der Waals surface area contributed by atoms with Gasteiger partial charge in [0.05, 0.1) is 13.7 Å². The van der Waals surface area contributed by atoms with Crippen LogP contribution in [0.15, 0.2) is 53.5 Å². The van der Waals surface area contributed by atoms with Crippen LogP contribution in [0.4, 0.5) is 0 Å². The molecule has 2 rings (SSSR count). The number of benzene rings is 2. The number of amides is 1. The van der Waals surface area contributed by atoms with Crippen molar-refractivity contribution in [1.29, 1.82) is 0 Å². The van der Waals surface area contributed by atoms with Crippen molar-refractivity contribution in [2.45, 2.75) is 19.9 Å². The number of hydrogen-bond acceptors (Lipinski definition) is 4. The quantitative estimate of drug-likeness (QED) is 0.258. The minimum Gasteiger partial charge on any atom is -0.497 e. The highest BCUT2D eigenvalue weighted by molar-refractivity contribution is 14.0. The molecular formula is C21H29IN4O3. The Labute approximate surface area is 189 Å². The average Bonchev–Trinajstić information content (AvgIpc) is 2.71. The fraction of sp³-hybridized carbons (Fsp3) is 0.333. The summed E-state index contributed by atoms with van der Waals surface area (Å²) in [5, 5.41) is 6.59. The van der Waals surface area contributed by atoms with E-state index in [1.165, 1.54) is 0 Å². The molecule has 4 N–H and O–H groups in total. The van der Waals surface area contributed by atoms with Gasteiger partial charge in [-0.15, -0.1) is 24.0 Å². The number of methoxy groups -OCH3 is 1. The van der Waals surface area contributed by atoms with Gasteiger partial charge in [0.25, 0.3) is 5.91 Å². The van der Waals surface area contributed by atoms with Crippen molar-refractivity contribution in [1.82, 2.24) is 10.6 Å². The van der Waals surface area contributed by atoms with Crippen molar-refractivity contribution in [2.24, 2.45) is 10.7 Å². The van der Waals surface area contributed by atoms with Crippen molar-refractivity contribution in [3.8, 4) is 11.5 Å². The number of halogens is 1. The Hall–Kier alpha value is -2.49. The minimum atomic E-state index is -0.488. The maximum atomic E-state index is 10.7. The number of aliphatic imine (C=N–C) groups is 1. The second-order valence-corrected chi connectivity index (χ2v) is 6.12. The Bertz CT molecular complexity index is 782. The van der Waals surface area contributed by atoms with E-state index in [0.717, 1.165) is 42.3 Å². The molecule has 7 nitrogen and oxygen atoms in total. The topological polar surface area (TPSA) is 98.0 Å². The van der Waals surface area contributed by atoms with E-state index in [1.807, 2.05) is 55.5 Å². The van der Waals surface area contributed by atoms with Crippen LogP contribution in [-0.4, -0.2) is 38.7 Å². The molecule has 8 heteroatoms. The number of nitrogens with two attached hydrogens (primary N) is 1. The second kappa shape index (κ2) is 13.6. The van der Waals surface area contributed by atoms with E-state index >= 15 is 0 Å². The molecular weight excluding hydrogens is 483 g/mol. The zero-order valence-corrected chi connectivity index (χ0v) is 19.1. The SMILES string of the molecule is CCNC(=NCc1cccc(OC)c1)NCCc1ccc(OCC(N)=O)cc1.I. The highest BCUT2D eigenvalue weighted by Gasteiger charge is 2.01. The summed E-state index contributed by atoms with van der Waals surface area (Å²) >= 11 is 0. The van der Waals surface area contributed by atoms with E-state index in [0.29, 0.717) is 12.3 Å². The summed E-state index contributed by atoms with van der Waals surface area (Å²) in [5.41, 5.74) is 7.31. The molecule has 0 bridgehead atoms. The molecule has 0 aliphatic heterocycles. The highest BCUT2D eigenvalue weighted by Crippen LogP contribution is 2.13. The lowest BCUT2D eigenvalue weighted by Crippen LogP contribution is -2.38. The summed E-state index contributed by atoms with van der Waals surface area (Å²) < 4.78 is 10.5. The molecule has 0 atom stereocenters. The first-order valence-corrected chi connectivity index (χ1v) is 9.26. The number of carbonyl (C=O) groups is 1. The average molecular weight is 512 g/mol. The van der Waals surface area contributed by atoms with Crippen molar-refractivity contribution < 1.29 is 14.3 Å².